The third-order valence-electron chi connectivity index (χ3n) is 5.49. The normalized spacial score (nSPS) is 22.7. The van der Waals surface area contributed by atoms with Crippen molar-refractivity contribution in [3.63, 3.8) is 0 Å². The van der Waals surface area contributed by atoms with Crippen LogP contribution in [0.25, 0.3) is 0 Å². The zero-order valence-corrected chi connectivity index (χ0v) is 16.1. The Morgan fingerprint density at radius 3 is 2.67 bits per heavy atom. The number of dihydropyridines is 1. The molecule has 0 spiro atoms. The first-order valence-corrected chi connectivity index (χ1v) is 9.73. The molecule has 1 aliphatic heterocycles. The molecule has 6 heteroatoms. The molecule has 1 saturated carbocycles. The monoisotopic (exact) mass is 372 g/mol. The Morgan fingerprint density at radius 2 is 1.96 bits per heavy atom. The van der Waals surface area contributed by atoms with Crippen molar-refractivity contribution in [3.05, 3.63) is 35.3 Å². The lowest BCUT2D eigenvalue weighted by atomic mass is 9.87. The number of fused-ring (bicyclic) bond motifs is 1. The molecule has 146 valence electrons. The highest BCUT2D eigenvalue weighted by Gasteiger charge is 2.32. The van der Waals surface area contributed by atoms with Crippen LogP contribution in [0.2, 0.25) is 0 Å². The molecule has 1 atom stereocenters. The zero-order chi connectivity index (χ0) is 19.2. The Hall–Kier alpha value is -2.37. The summed E-state index contributed by atoms with van der Waals surface area (Å²) in [5.74, 6) is 1.39. The van der Waals surface area contributed by atoms with Gasteiger partial charge in [-0.25, -0.2) is 4.99 Å². The van der Waals surface area contributed by atoms with Crippen LogP contribution in [-0.4, -0.2) is 38.3 Å². The standard InChI is InChI=1S/C21H28N2O4/c1-26-17-8-9-18(27-2)20-16(17)13-15(21(25)23-20)10-11-22-19(24)12-14-6-4-3-5-7-14/h8-9,13-14,16H,3-7,10-12H2,1-2H3,(H,22,24). The van der Waals surface area contributed by atoms with Gasteiger partial charge in [0, 0.05) is 18.5 Å². The summed E-state index contributed by atoms with van der Waals surface area (Å²) in [6, 6.07) is 0. The van der Waals surface area contributed by atoms with Crippen molar-refractivity contribution in [1.82, 2.24) is 5.32 Å². The van der Waals surface area contributed by atoms with Gasteiger partial charge in [-0.2, -0.15) is 0 Å². The van der Waals surface area contributed by atoms with Crippen LogP contribution in [0.4, 0.5) is 0 Å². The van der Waals surface area contributed by atoms with Crippen molar-refractivity contribution in [2.24, 2.45) is 16.8 Å². The molecule has 0 bridgehead atoms. The summed E-state index contributed by atoms with van der Waals surface area (Å²) < 4.78 is 10.7. The van der Waals surface area contributed by atoms with Crippen molar-refractivity contribution in [1.29, 1.82) is 0 Å². The van der Waals surface area contributed by atoms with Crippen LogP contribution in [0.1, 0.15) is 44.9 Å². The minimum absolute atomic E-state index is 0.0784. The summed E-state index contributed by atoms with van der Waals surface area (Å²) in [5, 5.41) is 2.95. The molecule has 0 aromatic carbocycles. The molecule has 1 N–H and O–H groups in total. The van der Waals surface area contributed by atoms with Crippen molar-refractivity contribution in [2.75, 3.05) is 20.8 Å². The van der Waals surface area contributed by atoms with Crippen molar-refractivity contribution < 1.29 is 19.1 Å². The van der Waals surface area contributed by atoms with E-state index >= 15 is 0 Å². The first kappa shape index (κ1) is 19.4. The first-order chi connectivity index (χ1) is 13.1. The van der Waals surface area contributed by atoms with Gasteiger partial charge in [-0.05, 0) is 37.3 Å². The second-order valence-electron chi connectivity index (χ2n) is 7.29. The van der Waals surface area contributed by atoms with Crippen LogP contribution in [-0.2, 0) is 19.1 Å². The Labute approximate surface area is 160 Å². The predicted octanol–water partition coefficient (Wildman–Crippen LogP) is 3.06. The van der Waals surface area contributed by atoms with E-state index in [1.807, 2.05) is 12.2 Å². The SMILES string of the molecule is COC1=CC=C(OC)C2C=C(CCNC(=O)CC3CCCCC3)C(=O)N=C12. The van der Waals surface area contributed by atoms with Crippen molar-refractivity contribution in [2.45, 2.75) is 44.9 Å². The lowest BCUT2D eigenvalue weighted by molar-refractivity contribution is -0.122. The maximum absolute atomic E-state index is 12.4. The molecule has 3 aliphatic rings. The number of rotatable bonds is 7. The van der Waals surface area contributed by atoms with Gasteiger partial charge in [-0.1, -0.05) is 25.3 Å². The van der Waals surface area contributed by atoms with Gasteiger partial charge in [-0.3, -0.25) is 9.59 Å². The minimum atomic E-state index is -0.275. The number of carbonyl (C=O) groups is 2. The van der Waals surface area contributed by atoms with Gasteiger partial charge in [0.1, 0.15) is 17.2 Å². The average Bonchev–Trinajstić information content (AvgIpc) is 2.68. The third-order valence-corrected chi connectivity index (χ3v) is 5.49. The average molecular weight is 372 g/mol. The quantitative estimate of drug-likeness (QED) is 0.745. The lowest BCUT2D eigenvalue weighted by Gasteiger charge is -2.26. The second kappa shape index (κ2) is 9.02. The number of hydrogen-bond acceptors (Lipinski definition) is 4. The number of methoxy groups -OCH3 is 2. The Kier molecular flexibility index (Phi) is 6.48. The van der Waals surface area contributed by atoms with E-state index in [-0.39, 0.29) is 17.7 Å². The van der Waals surface area contributed by atoms with Crippen molar-refractivity contribution >= 4 is 17.5 Å². The number of nitrogens with zero attached hydrogens (tertiary/aromatic N) is 1. The molecule has 2 aliphatic carbocycles. The molecule has 0 radical (unpaired) electrons. The van der Waals surface area contributed by atoms with Crippen molar-refractivity contribution in [3.8, 4) is 0 Å². The van der Waals surface area contributed by atoms with E-state index in [1.54, 1.807) is 20.3 Å². The first-order valence-electron chi connectivity index (χ1n) is 9.73. The van der Waals surface area contributed by atoms with Crippen LogP contribution < -0.4 is 5.32 Å². The Balaban J connectivity index is 1.55. The molecule has 3 rings (SSSR count). The fraction of sp³-hybridized carbons (Fsp3) is 0.571. The van der Waals surface area contributed by atoms with Crippen LogP contribution in [0.15, 0.2) is 40.3 Å². The molecule has 1 heterocycles. The molecular weight excluding hydrogens is 344 g/mol. The van der Waals surface area contributed by atoms with E-state index in [9.17, 15) is 9.59 Å². The number of carbonyl (C=O) groups excluding carboxylic acids is 2. The molecule has 2 amide bonds. The summed E-state index contributed by atoms with van der Waals surface area (Å²) in [6.07, 6.45) is 12.6. The van der Waals surface area contributed by atoms with Crippen LogP contribution in [0, 0.1) is 11.8 Å². The highest BCUT2D eigenvalue weighted by atomic mass is 16.5. The molecule has 1 fully saturated rings. The van der Waals surface area contributed by atoms with E-state index in [2.05, 4.69) is 10.3 Å². The largest absolute Gasteiger partial charge is 0.500 e. The topological polar surface area (TPSA) is 77.0 Å². The van der Waals surface area contributed by atoms with E-state index in [1.165, 1.54) is 19.3 Å². The summed E-state index contributed by atoms with van der Waals surface area (Å²) in [5.41, 5.74) is 1.17. The van der Waals surface area contributed by atoms with E-state index in [0.717, 1.165) is 18.6 Å². The highest BCUT2D eigenvalue weighted by molar-refractivity contribution is 6.15. The van der Waals surface area contributed by atoms with Crippen LogP contribution in [0.5, 0.6) is 0 Å². The van der Waals surface area contributed by atoms with Gasteiger partial charge < -0.3 is 14.8 Å². The molecule has 1 unspecified atom stereocenters. The third kappa shape index (κ3) is 4.67. The predicted molar refractivity (Wildman–Crippen MR) is 103 cm³/mol. The fourth-order valence-corrected chi connectivity index (χ4v) is 3.99. The van der Waals surface area contributed by atoms with E-state index < -0.39 is 0 Å². The van der Waals surface area contributed by atoms with Gasteiger partial charge >= 0.3 is 0 Å². The lowest BCUT2D eigenvalue weighted by Crippen LogP contribution is -2.30. The second-order valence-corrected chi connectivity index (χ2v) is 7.29. The van der Waals surface area contributed by atoms with Gasteiger partial charge in [0.2, 0.25) is 5.91 Å². The maximum Gasteiger partial charge on any atom is 0.273 e. The molecular formula is C21H28N2O4. The van der Waals surface area contributed by atoms with Gasteiger partial charge in [0.25, 0.3) is 5.91 Å². The summed E-state index contributed by atoms with van der Waals surface area (Å²) in [6.45, 7) is 0.444. The minimum Gasteiger partial charge on any atom is -0.500 e. The van der Waals surface area contributed by atoms with Crippen LogP contribution >= 0.6 is 0 Å². The number of nitrogens with one attached hydrogen (secondary N) is 1. The number of ether oxygens (including phenoxy) is 2. The molecule has 6 nitrogen and oxygen atoms in total. The Bertz CT molecular complexity index is 712. The summed E-state index contributed by atoms with van der Waals surface area (Å²) in [4.78, 5) is 28.7. The highest BCUT2D eigenvalue weighted by Crippen LogP contribution is 2.30. The fourth-order valence-electron chi connectivity index (χ4n) is 3.99. The molecule has 0 aromatic heterocycles. The van der Waals surface area contributed by atoms with Crippen LogP contribution in [0.3, 0.4) is 0 Å². The zero-order valence-electron chi connectivity index (χ0n) is 16.1. The maximum atomic E-state index is 12.4. The smallest absolute Gasteiger partial charge is 0.273 e. The van der Waals surface area contributed by atoms with Gasteiger partial charge in [0.15, 0.2) is 0 Å². The molecule has 0 saturated heterocycles. The van der Waals surface area contributed by atoms with E-state index in [4.69, 9.17) is 9.47 Å². The van der Waals surface area contributed by atoms with Gasteiger partial charge in [-0.15, -0.1) is 0 Å². The molecule has 0 aromatic rings. The number of allylic oxidation sites excluding steroid dienone is 4. The Morgan fingerprint density at radius 1 is 1.19 bits per heavy atom. The summed E-state index contributed by atoms with van der Waals surface area (Å²) >= 11 is 0. The van der Waals surface area contributed by atoms with E-state index in [0.29, 0.717) is 42.3 Å². The molecule has 27 heavy (non-hydrogen) atoms. The summed E-state index contributed by atoms with van der Waals surface area (Å²) in [7, 11) is 3.16. The number of amides is 2. The van der Waals surface area contributed by atoms with Gasteiger partial charge in [0.05, 0.1) is 20.1 Å². The number of aliphatic imine (C=N–C) groups is 1. The number of hydrogen-bond donors (Lipinski definition) is 1.